The Morgan fingerprint density at radius 1 is 1.14 bits per heavy atom. The number of H-pyrrole nitrogens is 1. The summed E-state index contributed by atoms with van der Waals surface area (Å²) in [7, 11) is 0. The number of fused-ring (bicyclic) bond motifs is 1. The van der Waals surface area contributed by atoms with Crippen molar-refractivity contribution < 1.29 is 19.1 Å². The van der Waals surface area contributed by atoms with Crippen molar-refractivity contribution in [1.29, 1.82) is 0 Å². The second kappa shape index (κ2) is 10.5. The summed E-state index contributed by atoms with van der Waals surface area (Å²) < 4.78 is 5.47. The molecule has 0 radical (unpaired) electrons. The van der Waals surface area contributed by atoms with E-state index in [0.717, 1.165) is 25.9 Å². The summed E-state index contributed by atoms with van der Waals surface area (Å²) >= 11 is 6.11. The van der Waals surface area contributed by atoms with Crippen LogP contribution in [-0.4, -0.2) is 57.4 Å². The van der Waals surface area contributed by atoms with Crippen molar-refractivity contribution in [2.45, 2.75) is 58.2 Å². The fourth-order valence-corrected chi connectivity index (χ4v) is 4.52. The highest BCUT2D eigenvalue weighted by atomic mass is 35.5. The highest BCUT2D eigenvalue weighted by Gasteiger charge is 2.34. The molecule has 0 bridgehead atoms. The van der Waals surface area contributed by atoms with Crippen molar-refractivity contribution in [1.82, 2.24) is 20.2 Å². The van der Waals surface area contributed by atoms with E-state index in [-0.39, 0.29) is 5.91 Å². The van der Waals surface area contributed by atoms with E-state index >= 15 is 0 Å². The van der Waals surface area contributed by atoms with Gasteiger partial charge in [0.1, 0.15) is 23.5 Å². The number of halogens is 1. The average Bonchev–Trinajstić information content (AvgIpc) is 3.50. The predicted octanol–water partition coefficient (Wildman–Crippen LogP) is 3.90. The van der Waals surface area contributed by atoms with Gasteiger partial charge in [0.15, 0.2) is 0 Å². The molecule has 2 aromatic carbocycles. The Hall–Kier alpha value is -3.43. The van der Waals surface area contributed by atoms with Crippen LogP contribution in [0.1, 0.15) is 71.8 Å². The normalized spacial score (nSPS) is 15.5. The number of aryl methyl sites for hydroxylation is 1. The predicted molar refractivity (Wildman–Crippen MR) is 141 cm³/mol. The van der Waals surface area contributed by atoms with Crippen LogP contribution < -0.4 is 11.1 Å². The van der Waals surface area contributed by atoms with Gasteiger partial charge in [0.2, 0.25) is 0 Å². The zero-order valence-electron chi connectivity index (χ0n) is 21.4. The van der Waals surface area contributed by atoms with Gasteiger partial charge in [-0.05, 0) is 82.5 Å². The molecule has 37 heavy (non-hydrogen) atoms. The van der Waals surface area contributed by atoms with Crippen molar-refractivity contribution in [2.75, 3.05) is 13.1 Å². The molecular formula is C27H32ClN5O4. The van der Waals surface area contributed by atoms with E-state index in [1.54, 1.807) is 64.1 Å². The molecule has 0 spiro atoms. The molecule has 2 atom stereocenters. The zero-order valence-corrected chi connectivity index (χ0v) is 22.2. The maximum atomic E-state index is 13.3. The van der Waals surface area contributed by atoms with Crippen LogP contribution in [0.3, 0.4) is 0 Å². The second-order valence-electron chi connectivity index (χ2n) is 10.3. The molecular weight excluding hydrogens is 494 g/mol. The molecule has 1 aromatic heterocycles. The first kappa shape index (κ1) is 26.6. The SMILES string of the molecule is Cc1cc(C(=O)NC(c2nc3ccc(Cl)cc3[nH]2)C(N)C(=O)OC(C)(C)C)ccc1C(=O)N1CCCC1. The number of amides is 2. The fraction of sp³-hybridized carbons (Fsp3) is 0.407. The molecule has 0 aliphatic carbocycles. The van der Waals surface area contributed by atoms with Crippen molar-refractivity contribution in [2.24, 2.45) is 5.73 Å². The lowest BCUT2D eigenvalue weighted by Crippen LogP contribution is -2.48. The number of carbonyl (C=O) groups is 3. The first-order valence-electron chi connectivity index (χ1n) is 12.3. The van der Waals surface area contributed by atoms with Crippen molar-refractivity contribution in [3.05, 3.63) is 63.9 Å². The number of esters is 1. The van der Waals surface area contributed by atoms with Gasteiger partial charge in [-0.2, -0.15) is 0 Å². The number of nitrogens with one attached hydrogen (secondary N) is 2. The van der Waals surface area contributed by atoms with Crippen LogP contribution in [0.25, 0.3) is 11.0 Å². The van der Waals surface area contributed by atoms with Crippen molar-refractivity contribution in [3.63, 3.8) is 0 Å². The van der Waals surface area contributed by atoms with Gasteiger partial charge in [-0.25, -0.2) is 4.98 Å². The summed E-state index contributed by atoms with van der Waals surface area (Å²) in [4.78, 5) is 48.5. The Balaban J connectivity index is 1.62. The zero-order chi connectivity index (χ0) is 26.9. The highest BCUT2D eigenvalue weighted by molar-refractivity contribution is 6.31. The number of ether oxygens (including phenoxy) is 1. The maximum Gasteiger partial charge on any atom is 0.326 e. The molecule has 10 heteroatoms. The lowest BCUT2D eigenvalue weighted by Gasteiger charge is -2.26. The molecule has 2 heterocycles. The number of aromatic amines is 1. The largest absolute Gasteiger partial charge is 0.459 e. The topological polar surface area (TPSA) is 130 Å². The number of rotatable bonds is 6. The molecule has 2 amide bonds. The van der Waals surface area contributed by atoms with Gasteiger partial charge in [-0.15, -0.1) is 0 Å². The summed E-state index contributed by atoms with van der Waals surface area (Å²) in [6.07, 6.45) is 2.00. The highest BCUT2D eigenvalue weighted by Crippen LogP contribution is 2.24. The molecule has 1 aliphatic rings. The van der Waals surface area contributed by atoms with Crippen LogP contribution in [-0.2, 0) is 9.53 Å². The summed E-state index contributed by atoms with van der Waals surface area (Å²) in [6, 6.07) is 7.80. The standard InChI is InChI=1S/C27H32ClN5O4/c1-15-13-16(7-9-18(15)25(35)33-11-5-6-12-33)24(34)32-22(21(29)26(36)37-27(2,3)4)23-30-19-10-8-17(28)14-20(19)31-23/h7-10,13-14,21-22H,5-6,11-12,29H2,1-4H3,(H,30,31)(H,32,34). The van der Waals surface area contributed by atoms with E-state index in [4.69, 9.17) is 22.1 Å². The van der Waals surface area contributed by atoms with E-state index in [0.29, 0.717) is 38.6 Å². The van der Waals surface area contributed by atoms with Gasteiger partial charge >= 0.3 is 5.97 Å². The number of aromatic nitrogens is 2. The van der Waals surface area contributed by atoms with Crippen LogP contribution in [0.15, 0.2) is 36.4 Å². The molecule has 4 N–H and O–H groups in total. The minimum Gasteiger partial charge on any atom is -0.459 e. The van der Waals surface area contributed by atoms with Crippen molar-refractivity contribution in [3.8, 4) is 0 Å². The molecule has 1 aliphatic heterocycles. The van der Waals surface area contributed by atoms with Gasteiger partial charge in [0.25, 0.3) is 11.8 Å². The molecule has 1 saturated heterocycles. The Kier molecular flexibility index (Phi) is 7.57. The first-order chi connectivity index (χ1) is 17.4. The van der Waals surface area contributed by atoms with E-state index in [9.17, 15) is 14.4 Å². The number of hydrogen-bond acceptors (Lipinski definition) is 6. The van der Waals surface area contributed by atoms with Gasteiger partial charge in [0, 0.05) is 29.2 Å². The van der Waals surface area contributed by atoms with E-state index in [1.807, 2.05) is 4.90 Å². The minimum atomic E-state index is -1.24. The average molecular weight is 526 g/mol. The number of nitrogens with zero attached hydrogens (tertiary/aromatic N) is 2. The molecule has 9 nitrogen and oxygen atoms in total. The third-order valence-corrected chi connectivity index (χ3v) is 6.43. The van der Waals surface area contributed by atoms with Crippen LogP contribution in [0, 0.1) is 6.92 Å². The maximum absolute atomic E-state index is 13.3. The number of carbonyl (C=O) groups excluding carboxylic acids is 3. The molecule has 2 unspecified atom stereocenters. The molecule has 1 fully saturated rings. The number of hydrogen-bond donors (Lipinski definition) is 3. The van der Waals surface area contributed by atoms with Crippen LogP contribution in [0.5, 0.6) is 0 Å². The first-order valence-corrected chi connectivity index (χ1v) is 12.6. The lowest BCUT2D eigenvalue weighted by molar-refractivity contribution is -0.157. The van der Waals surface area contributed by atoms with E-state index < -0.39 is 29.6 Å². The quantitative estimate of drug-likeness (QED) is 0.418. The number of nitrogens with two attached hydrogens (primary N) is 1. The third-order valence-electron chi connectivity index (χ3n) is 6.19. The number of likely N-dealkylation sites (tertiary alicyclic amines) is 1. The Bertz CT molecular complexity index is 1340. The van der Waals surface area contributed by atoms with E-state index in [2.05, 4.69) is 15.3 Å². The summed E-state index contributed by atoms with van der Waals surface area (Å²) in [5.41, 5.74) is 8.38. The Labute approximate surface area is 220 Å². The number of benzene rings is 2. The van der Waals surface area contributed by atoms with Crippen molar-refractivity contribution >= 4 is 40.4 Å². The van der Waals surface area contributed by atoms with Crippen LogP contribution >= 0.6 is 11.6 Å². The third kappa shape index (κ3) is 6.11. The number of imidazole rings is 1. The summed E-state index contributed by atoms with van der Waals surface area (Å²) in [5, 5.41) is 3.35. The smallest absolute Gasteiger partial charge is 0.326 e. The molecule has 0 saturated carbocycles. The summed E-state index contributed by atoms with van der Waals surface area (Å²) in [5.74, 6) is -0.890. The van der Waals surface area contributed by atoms with Gasteiger partial charge < -0.3 is 25.7 Å². The van der Waals surface area contributed by atoms with Gasteiger partial charge in [-0.1, -0.05) is 11.6 Å². The second-order valence-corrected chi connectivity index (χ2v) is 10.8. The Morgan fingerprint density at radius 3 is 2.49 bits per heavy atom. The van der Waals surface area contributed by atoms with Gasteiger partial charge in [0.05, 0.1) is 11.0 Å². The van der Waals surface area contributed by atoms with E-state index in [1.165, 1.54) is 0 Å². The lowest BCUT2D eigenvalue weighted by atomic mass is 10.0. The van der Waals surface area contributed by atoms with Crippen LogP contribution in [0.4, 0.5) is 0 Å². The Morgan fingerprint density at radius 2 is 1.84 bits per heavy atom. The van der Waals surface area contributed by atoms with Crippen LogP contribution in [0.2, 0.25) is 5.02 Å². The molecule has 196 valence electrons. The van der Waals surface area contributed by atoms with Gasteiger partial charge in [-0.3, -0.25) is 14.4 Å². The minimum absolute atomic E-state index is 0.0345. The molecule has 3 aromatic rings. The summed E-state index contributed by atoms with van der Waals surface area (Å²) in [6.45, 7) is 8.50. The monoisotopic (exact) mass is 525 g/mol. The fourth-order valence-electron chi connectivity index (χ4n) is 4.34. The molecule has 4 rings (SSSR count).